The largest absolute Gasteiger partial charge is 0.394 e. The molecule has 64 valence electrons. The van der Waals surface area contributed by atoms with Crippen LogP contribution in [-0.4, -0.2) is 52.6 Å². The van der Waals surface area contributed by atoms with Gasteiger partial charge in [-0.1, -0.05) is 0 Å². The van der Waals surface area contributed by atoms with Crippen LogP contribution in [0.5, 0.6) is 0 Å². The van der Waals surface area contributed by atoms with E-state index in [1.807, 2.05) is 0 Å². The fourth-order valence-electron chi connectivity index (χ4n) is 0.975. The van der Waals surface area contributed by atoms with Gasteiger partial charge in [-0.3, -0.25) is 0 Å². The number of hydrogen-bond acceptors (Lipinski definition) is 5. The van der Waals surface area contributed by atoms with Gasteiger partial charge in [0, 0.05) is 0 Å². The van der Waals surface area contributed by atoms with Crippen LogP contribution in [0.3, 0.4) is 0 Å². The molecular formula is C6H10O5. The second-order valence-corrected chi connectivity index (χ2v) is 2.44. The lowest BCUT2D eigenvalue weighted by molar-refractivity contribution is -0.243. The van der Waals surface area contributed by atoms with Gasteiger partial charge in [-0.25, -0.2) is 0 Å². The van der Waals surface area contributed by atoms with Gasteiger partial charge in [0.05, 0.1) is 6.61 Å². The van der Waals surface area contributed by atoms with E-state index in [9.17, 15) is 4.79 Å². The summed E-state index contributed by atoms with van der Waals surface area (Å²) in [4.78, 5) is 10.0. The van der Waals surface area contributed by atoms with Gasteiger partial charge in [-0.2, -0.15) is 0 Å². The van der Waals surface area contributed by atoms with Crippen LogP contribution in [0.4, 0.5) is 0 Å². The Hall–Kier alpha value is -0.490. The summed E-state index contributed by atoms with van der Waals surface area (Å²) in [5, 5.41) is 26.4. The van der Waals surface area contributed by atoms with E-state index in [1.54, 1.807) is 0 Å². The molecule has 0 aromatic rings. The van der Waals surface area contributed by atoms with E-state index in [0.717, 1.165) is 0 Å². The number of carbonyl (C=O) groups excluding carboxylic acids is 1. The molecule has 1 heterocycles. The molecule has 0 bridgehead atoms. The van der Waals surface area contributed by atoms with Crippen LogP contribution in [0.1, 0.15) is 0 Å². The summed E-state index contributed by atoms with van der Waals surface area (Å²) < 4.78 is 4.73. The lowest BCUT2D eigenvalue weighted by Crippen LogP contribution is -2.60. The van der Waals surface area contributed by atoms with Gasteiger partial charge < -0.3 is 24.9 Å². The molecule has 0 spiro atoms. The summed E-state index contributed by atoms with van der Waals surface area (Å²) in [6.45, 7) is -0.479. The molecule has 1 rings (SSSR count). The minimum Gasteiger partial charge on any atom is -0.394 e. The number of aldehydes is 1. The molecule has 1 fully saturated rings. The minimum atomic E-state index is -1.11. The maximum Gasteiger partial charge on any atom is 0.151 e. The first-order valence-corrected chi connectivity index (χ1v) is 3.28. The topological polar surface area (TPSA) is 87.0 Å². The Labute approximate surface area is 63.2 Å². The summed E-state index contributed by atoms with van der Waals surface area (Å²) in [7, 11) is 0. The Balaban J connectivity index is 2.37. The monoisotopic (exact) mass is 162 g/mol. The van der Waals surface area contributed by atoms with E-state index in [2.05, 4.69) is 0 Å². The quantitative estimate of drug-likeness (QED) is 0.405. The van der Waals surface area contributed by atoms with Crippen molar-refractivity contribution in [3.05, 3.63) is 0 Å². The van der Waals surface area contributed by atoms with Crippen LogP contribution in [0.2, 0.25) is 0 Å². The highest BCUT2D eigenvalue weighted by atomic mass is 16.6. The number of hydrogen-bond donors (Lipinski definition) is 3. The lowest BCUT2D eigenvalue weighted by Gasteiger charge is -2.40. The van der Waals surface area contributed by atoms with Crippen LogP contribution in [0, 0.1) is 0 Å². The first kappa shape index (κ1) is 8.61. The van der Waals surface area contributed by atoms with Crippen LogP contribution in [0.15, 0.2) is 0 Å². The van der Waals surface area contributed by atoms with Crippen LogP contribution < -0.4 is 0 Å². The Bertz CT molecular complexity index is 148. The van der Waals surface area contributed by atoms with Gasteiger partial charge >= 0.3 is 0 Å². The van der Waals surface area contributed by atoms with Gasteiger partial charge in [0.2, 0.25) is 0 Å². The Morgan fingerprint density at radius 1 is 1.64 bits per heavy atom. The zero-order chi connectivity index (χ0) is 8.43. The molecule has 0 amide bonds. The second kappa shape index (κ2) is 3.27. The average Bonchev–Trinajstić information content (AvgIpc) is 2.02. The van der Waals surface area contributed by atoms with Gasteiger partial charge in [0.15, 0.2) is 6.29 Å². The predicted octanol–water partition coefficient (Wildman–Crippen LogP) is -2.33. The number of carbonyl (C=O) groups is 1. The predicted molar refractivity (Wildman–Crippen MR) is 33.8 cm³/mol. The standard InChI is InChI=1S/C6H10O5/c7-1-3(9)6-5(10)4(2-8)11-6/h2-7,9-10H,1H2/t3-,4-,5-,6-/m1/s1. The van der Waals surface area contributed by atoms with Crippen molar-refractivity contribution < 1.29 is 24.9 Å². The molecule has 0 aliphatic carbocycles. The number of ether oxygens (including phenoxy) is 1. The molecule has 1 saturated heterocycles. The van der Waals surface area contributed by atoms with E-state index in [1.165, 1.54) is 0 Å². The normalized spacial score (nSPS) is 39.4. The molecule has 0 aromatic heterocycles. The minimum absolute atomic E-state index is 0.464. The number of aliphatic hydroxyl groups is 3. The van der Waals surface area contributed by atoms with E-state index in [0.29, 0.717) is 6.29 Å². The van der Waals surface area contributed by atoms with Crippen molar-refractivity contribution in [1.82, 2.24) is 0 Å². The third-order valence-electron chi connectivity index (χ3n) is 1.69. The zero-order valence-electron chi connectivity index (χ0n) is 5.75. The summed E-state index contributed by atoms with van der Waals surface area (Å²) in [6.07, 6.45) is -3.31. The van der Waals surface area contributed by atoms with Crippen molar-refractivity contribution in [2.45, 2.75) is 24.4 Å². The summed E-state index contributed by atoms with van der Waals surface area (Å²) in [5.41, 5.74) is 0. The fourth-order valence-corrected chi connectivity index (χ4v) is 0.975. The van der Waals surface area contributed by atoms with Crippen molar-refractivity contribution in [1.29, 1.82) is 0 Å². The van der Waals surface area contributed by atoms with Crippen molar-refractivity contribution in [2.75, 3.05) is 6.61 Å². The highest BCUT2D eigenvalue weighted by Gasteiger charge is 2.44. The van der Waals surface area contributed by atoms with Crippen molar-refractivity contribution in [3.63, 3.8) is 0 Å². The lowest BCUT2D eigenvalue weighted by atomic mass is 9.97. The average molecular weight is 162 g/mol. The third-order valence-corrected chi connectivity index (χ3v) is 1.69. The molecule has 0 aromatic carbocycles. The molecule has 0 radical (unpaired) electrons. The molecule has 1 aliphatic heterocycles. The Morgan fingerprint density at radius 3 is 2.64 bits per heavy atom. The molecule has 5 heteroatoms. The smallest absolute Gasteiger partial charge is 0.151 e. The van der Waals surface area contributed by atoms with E-state index in [-0.39, 0.29) is 0 Å². The van der Waals surface area contributed by atoms with E-state index < -0.39 is 31.0 Å². The number of aliphatic hydroxyl groups excluding tert-OH is 3. The Morgan fingerprint density at radius 2 is 2.27 bits per heavy atom. The highest BCUT2D eigenvalue weighted by molar-refractivity contribution is 5.59. The second-order valence-electron chi connectivity index (χ2n) is 2.44. The van der Waals surface area contributed by atoms with Crippen LogP contribution >= 0.6 is 0 Å². The summed E-state index contributed by atoms with van der Waals surface area (Å²) in [5.74, 6) is 0. The molecule has 5 nitrogen and oxygen atoms in total. The zero-order valence-corrected chi connectivity index (χ0v) is 5.75. The first-order valence-electron chi connectivity index (χ1n) is 3.28. The van der Waals surface area contributed by atoms with Gasteiger partial charge in [-0.05, 0) is 0 Å². The number of rotatable bonds is 3. The molecule has 4 atom stereocenters. The van der Waals surface area contributed by atoms with Crippen LogP contribution in [-0.2, 0) is 9.53 Å². The van der Waals surface area contributed by atoms with E-state index >= 15 is 0 Å². The molecule has 1 aliphatic rings. The molecule has 0 saturated carbocycles. The van der Waals surface area contributed by atoms with Crippen LogP contribution in [0.25, 0.3) is 0 Å². The third kappa shape index (κ3) is 1.41. The fraction of sp³-hybridized carbons (Fsp3) is 0.833. The van der Waals surface area contributed by atoms with Crippen molar-refractivity contribution >= 4 is 6.29 Å². The highest BCUT2D eigenvalue weighted by Crippen LogP contribution is 2.22. The molecule has 0 unspecified atom stereocenters. The summed E-state index contributed by atoms with van der Waals surface area (Å²) >= 11 is 0. The SMILES string of the molecule is O=C[C@H]1O[C@H]([C@H](O)CO)[C@@H]1O. The van der Waals surface area contributed by atoms with E-state index in [4.69, 9.17) is 20.1 Å². The van der Waals surface area contributed by atoms with Gasteiger partial charge in [0.25, 0.3) is 0 Å². The first-order chi connectivity index (χ1) is 5.20. The maximum absolute atomic E-state index is 10.0. The molecule has 11 heavy (non-hydrogen) atoms. The Kier molecular flexibility index (Phi) is 2.56. The van der Waals surface area contributed by atoms with Crippen molar-refractivity contribution in [3.8, 4) is 0 Å². The summed E-state index contributed by atoms with van der Waals surface area (Å²) in [6, 6.07) is 0. The van der Waals surface area contributed by atoms with Crippen molar-refractivity contribution in [2.24, 2.45) is 0 Å². The molecular weight excluding hydrogens is 152 g/mol. The molecule has 3 N–H and O–H groups in total. The van der Waals surface area contributed by atoms with Gasteiger partial charge in [0.1, 0.15) is 24.4 Å². The maximum atomic E-state index is 10.0. The van der Waals surface area contributed by atoms with Gasteiger partial charge in [-0.15, -0.1) is 0 Å².